The van der Waals surface area contributed by atoms with Gasteiger partial charge in [0, 0.05) is 19.7 Å². The molecule has 2 heterocycles. The summed E-state index contributed by atoms with van der Waals surface area (Å²) in [5.41, 5.74) is 7.07. The first kappa shape index (κ1) is 14.3. The van der Waals surface area contributed by atoms with Crippen molar-refractivity contribution in [2.45, 2.75) is 19.9 Å². The lowest BCUT2D eigenvalue weighted by atomic mass is 10.3. The number of nitrogens with zero attached hydrogens (tertiary/aromatic N) is 4. The van der Waals surface area contributed by atoms with Gasteiger partial charge in [-0.25, -0.2) is 4.68 Å². The maximum Gasteiger partial charge on any atom is 0.270 e. The zero-order chi connectivity index (χ0) is 14.5. The molecule has 2 N–H and O–H groups in total. The molecule has 0 amide bonds. The molecule has 7 heteroatoms. The fourth-order valence-electron chi connectivity index (χ4n) is 1.84. The topological polar surface area (TPSA) is 88.0 Å². The van der Waals surface area contributed by atoms with E-state index >= 15 is 0 Å². The quantitative estimate of drug-likeness (QED) is 0.798. The minimum Gasteiger partial charge on any atom is -0.490 e. The highest BCUT2D eigenvalue weighted by Crippen LogP contribution is 2.06. The van der Waals surface area contributed by atoms with Crippen LogP contribution in [0.2, 0.25) is 0 Å². The molecule has 0 aliphatic rings. The summed E-state index contributed by atoms with van der Waals surface area (Å²) in [6.07, 6.45) is 2.39. The van der Waals surface area contributed by atoms with Gasteiger partial charge < -0.3 is 10.5 Å². The highest BCUT2D eigenvalue weighted by Gasteiger charge is 2.07. The molecule has 0 saturated carbocycles. The third-order valence-corrected chi connectivity index (χ3v) is 2.93. The maximum atomic E-state index is 12.0. The minimum absolute atomic E-state index is 0.209. The summed E-state index contributed by atoms with van der Waals surface area (Å²) in [4.78, 5) is 12.0. The molecule has 7 nitrogen and oxygen atoms in total. The van der Waals surface area contributed by atoms with Crippen molar-refractivity contribution >= 4 is 0 Å². The molecular weight excluding hydrogens is 258 g/mol. The Morgan fingerprint density at radius 2 is 2.20 bits per heavy atom. The number of hydrogen-bond acceptors (Lipinski definition) is 5. The van der Waals surface area contributed by atoms with Crippen LogP contribution in [-0.2, 0) is 20.0 Å². The molecule has 20 heavy (non-hydrogen) atoms. The molecule has 2 rings (SSSR count). The average Bonchev–Trinajstić information content (AvgIpc) is 2.80. The van der Waals surface area contributed by atoms with Crippen LogP contribution in [0.5, 0.6) is 5.75 Å². The Kier molecular flexibility index (Phi) is 4.52. The first-order valence-corrected chi connectivity index (χ1v) is 6.56. The van der Waals surface area contributed by atoms with E-state index in [1.807, 2.05) is 20.0 Å². The first-order chi connectivity index (χ1) is 9.63. The third kappa shape index (κ3) is 3.24. The van der Waals surface area contributed by atoms with E-state index in [9.17, 15) is 4.79 Å². The summed E-state index contributed by atoms with van der Waals surface area (Å²) < 4.78 is 8.42. The van der Waals surface area contributed by atoms with Crippen molar-refractivity contribution in [3.05, 3.63) is 40.1 Å². The van der Waals surface area contributed by atoms with Gasteiger partial charge in [0.15, 0.2) is 0 Å². The van der Waals surface area contributed by atoms with Crippen LogP contribution in [0.1, 0.15) is 18.3 Å². The predicted octanol–water partition coefficient (Wildman–Crippen LogP) is -0.0750. The predicted molar refractivity (Wildman–Crippen MR) is 74.7 cm³/mol. The summed E-state index contributed by atoms with van der Waals surface area (Å²) in [5.74, 6) is 0.441. The van der Waals surface area contributed by atoms with Crippen LogP contribution in [0.4, 0.5) is 0 Å². The molecule has 0 atom stereocenters. The van der Waals surface area contributed by atoms with E-state index in [-0.39, 0.29) is 5.56 Å². The van der Waals surface area contributed by atoms with Crippen LogP contribution in [-0.4, -0.2) is 32.7 Å². The summed E-state index contributed by atoms with van der Waals surface area (Å²) in [7, 11) is 1.86. The Morgan fingerprint density at radius 1 is 1.40 bits per heavy atom. The number of hydrogen-bond donors (Lipinski definition) is 1. The van der Waals surface area contributed by atoms with E-state index in [1.165, 1.54) is 16.9 Å². The Balaban J connectivity index is 2.17. The fraction of sp³-hybridized carbons (Fsp3) is 0.462. The second-order valence-electron chi connectivity index (χ2n) is 4.43. The van der Waals surface area contributed by atoms with Crippen LogP contribution in [0.15, 0.2) is 23.1 Å². The molecule has 0 fully saturated rings. The summed E-state index contributed by atoms with van der Waals surface area (Å²) in [5, 5.41) is 8.45. The van der Waals surface area contributed by atoms with Crippen molar-refractivity contribution < 1.29 is 4.74 Å². The number of ether oxygens (including phenoxy) is 1. The molecule has 0 aliphatic carbocycles. The van der Waals surface area contributed by atoms with Gasteiger partial charge in [0.2, 0.25) is 0 Å². The molecule has 0 bridgehead atoms. The van der Waals surface area contributed by atoms with Crippen LogP contribution in [0.3, 0.4) is 0 Å². The van der Waals surface area contributed by atoms with Gasteiger partial charge in [0.05, 0.1) is 24.1 Å². The number of rotatable bonds is 6. The smallest absolute Gasteiger partial charge is 0.270 e. The minimum atomic E-state index is -0.209. The van der Waals surface area contributed by atoms with Gasteiger partial charge >= 0.3 is 0 Å². The van der Waals surface area contributed by atoms with Gasteiger partial charge in [0.25, 0.3) is 5.56 Å². The zero-order valence-corrected chi connectivity index (χ0v) is 11.7. The summed E-state index contributed by atoms with van der Waals surface area (Å²) in [6, 6.07) is 3.40. The first-order valence-electron chi connectivity index (χ1n) is 6.56. The Bertz CT molecular complexity index is 632. The lowest BCUT2D eigenvalue weighted by Crippen LogP contribution is -2.24. The molecule has 0 unspecified atom stereocenters. The molecule has 0 saturated heterocycles. The Hall–Kier alpha value is -2.15. The van der Waals surface area contributed by atoms with E-state index in [1.54, 1.807) is 4.68 Å². The molecule has 108 valence electrons. The van der Waals surface area contributed by atoms with Crippen molar-refractivity contribution in [3.63, 3.8) is 0 Å². The fourth-order valence-corrected chi connectivity index (χ4v) is 1.84. The lowest BCUT2D eigenvalue weighted by Gasteiger charge is -2.07. The van der Waals surface area contributed by atoms with E-state index < -0.39 is 0 Å². The van der Waals surface area contributed by atoms with E-state index in [0.717, 1.165) is 17.8 Å². The molecule has 2 aromatic rings. The van der Waals surface area contributed by atoms with Crippen LogP contribution >= 0.6 is 0 Å². The second kappa shape index (κ2) is 6.33. The van der Waals surface area contributed by atoms with Crippen LogP contribution < -0.4 is 16.0 Å². The van der Waals surface area contributed by atoms with Gasteiger partial charge in [0.1, 0.15) is 12.4 Å². The van der Waals surface area contributed by atoms with Gasteiger partial charge in [-0.3, -0.25) is 9.48 Å². The summed E-state index contributed by atoms with van der Waals surface area (Å²) in [6.45, 7) is 3.20. The van der Waals surface area contributed by atoms with Crippen molar-refractivity contribution in [1.82, 2.24) is 19.6 Å². The lowest BCUT2D eigenvalue weighted by molar-refractivity contribution is 0.324. The van der Waals surface area contributed by atoms with Gasteiger partial charge in [-0.05, 0) is 12.5 Å². The molecule has 0 spiro atoms. The Morgan fingerprint density at radius 3 is 2.80 bits per heavy atom. The van der Waals surface area contributed by atoms with E-state index in [0.29, 0.717) is 25.4 Å². The Labute approximate surface area is 117 Å². The van der Waals surface area contributed by atoms with Crippen molar-refractivity contribution in [1.29, 1.82) is 0 Å². The average molecular weight is 277 g/mol. The van der Waals surface area contributed by atoms with Crippen LogP contribution in [0.25, 0.3) is 0 Å². The number of aromatic nitrogens is 4. The van der Waals surface area contributed by atoms with Crippen LogP contribution in [0, 0.1) is 0 Å². The SMILES string of the molecule is CCc1cc(Cn2ncc(OCCN)cc2=O)n(C)n1. The zero-order valence-electron chi connectivity index (χ0n) is 11.7. The largest absolute Gasteiger partial charge is 0.490 e. The standard InChI is InChI=1S/C13H19N5O2/c1-3-10-6-11(17(2)16-10)9-18-13(19)7-12(8-15-18)20-5-4-14/h6-8H,3-5,9,14H2,1-2H3. The highest BCUT2D eigenvalue weighted by atomic mass is 16.5. The molecule has 0 aromatic carbocycles. The normalized spacial score (nSPS) is 10.8. The van der Waals surface area contributed by atoms with Crippen molar-refractivity contribution in [2.24, 2.45) is 12.8 Å². The van der Waals surface area contributed by atoms with Gasteiger partial charge in [-0.1, -0.05) is 6.92 Å². The molecule has 0 radical (unpaired) electrons. The monoisotopic (exact) mass is 277 g/mol. The molecule has 0 aliphatic heterocycles. The number of nitrogens with two attached hydrogens (primary N) is 1. The highest BCUT2D eigenvalue weighted by molar-refractivity contribution is 5.15. The maximum absolute atomic E-state index is 12.0. The summed E-state index contributed by atoms with van der Waals surface area (Å²) >= 11 is 0. The second-order valence-corrected chi connectivity index (χ2v) is 4.43. The third-order valence-electron chi connectivity index (χ3n) is 2.93. The number of aryl methyl sites for hydroxylation is 2. The van der Waals surface area contributed by atoms with E-state index in [4.69, 9.17) is 10.5 Å². The molecular formula is C13H19N5O2. The van der Waals surface area contributed by atoms with Crippen molar-refractivity contribution in [3.8, 4) is 5.75 Å². The van der Waals surface area contributed by atoms with Gasteiger partial charge in [-0.15, -0.1) is 0 Å². The molecule has 2 aromatic heterocycles. The van der Waals surface area contributed by atoms with E-state index in [2.05, 4.69) is 10.2 Å². The van der Waals surface area contributed by atoms with Gasteiger partial charge in [-0.2, -0.15) is 10.2 Å². The van der Waals surface area contributed by atoms with Crippen molar-refractivity contribution in [2.75, 3.05) is 13.2 Å².